The van der Waals surface area contributed by atoms with E-state index in [4.69, 9.17) is 10.5 Å². The lowest BCUT2D eigenvalue weighted by atomic mass is 10.2. The highest BCUT2D eigenvalue weighted by Gasteiger charge is 2.22. The van der Waals surface area contributed by atoms with Gasteiger partial charge in [-0.2, -0.15) is 0 Å². The summed E-state index contributed by atoms with van der Waals surface area (Å²) in [4.78, 5) is 14.8. The number of allylic oxidation sites excluding steroid dienone is 1. The topological polar surface area (TPSA) is 64.7 Å². The molecule has 1 aliphatic rings. The van der Waals surface area contributed by atoms with Gasteiger partial charge in [-0.3, -0.25) is 4.99 Å². The fraction of sp³-hybridized carbons (Fsp3) is 0.429. The molecule has 0 fully saturated rings. The van der Waals surface area contributed by atoms with Crippen molar-refractivity contribution in [1.82, 2.24) is 0 Å². The monoisotopic (exact) mass is 154 g/mol. The first kappa shape index (κ1) is 7.78. The zero-order chi connectivity index (χ0) is 8.27. The van der Waals surface area contributed by atoms with E-state index in [-0.39, 0.29) is 5.97 Å². The van der Waals surface area contributed by atoms with Crippen molar-refractivity contribution in [2.24, 2.45) is 10.7 Å². The molecular formula is C7H10N2O2. The van der Waals surface area contributed by atoms with Gasteiger partial charge in [0.15, 0.2) is 6.04 Å². The first-order valence-corrected chi connectivity index (χ1v) is 3.41. The molecular weight excluding hydrogens is 144 g/mol. The molecule has 1 aliphatic heterocycles. The third-order valence-corrected chi connectivity index (χ3v) is 1.33. The molecule has 0 saturated carbocycles. The standard InChI is InChI=1S/C7H10N2O2/c1-2-11-7(10)6-5(8)3-4-9-6/h3-4,6H,2,8H2,1H3/t6-/m0/s1. The first-order valence-electron chi connectivity index (χ1n) is 3.41. The van der Waals surface area contributed by atoms with E-state index in [1.54, 1.807) is 13.0 Å². The molecule has 1 atom stereocenters. The van der Waals surface area contributed by atoms with Crippen molar-refractivity contribution < 1.29 is 9.53 Å². The Morgan fingerprint density at radius 2 is 2.64 bits per heavy atom. The molecule has 0 radical (unpaired) electrons. The van der Waals surface area contributed by atoms with Crippen molar-refractivity contribution in [3.8, 4) is 0 Å². The maximum Gasteiger partial charge on any atom is 0.337 e. The molecule has 0 amide bonds. The summed E-state index contributed by atoms with van der Waals surface area (Å²) in [7, 11) is 0. The summed E-state index contributed by atoms with van der Waals surface area (Å²) >= 11 is 0. The molecule has 11 heavy (non-hydrogen) atoms. The van der Waals surface area contributed by atoms with Crippen LogP contribution in [0.1, 0.15) is 6.92 Å². The Balaban J connectivity index is 2.55. The van der Waals surface area contributed by atoms with Crippen LogP contribution < -0.4 is 5.73 Å². The minimum atomic E-state index is -0.602. The average Bonchev–Trinajstić information content (AvgIpc) is 2.36. The molecule has 0 spiro atoms. The summed E-state index contributed by atoms with van der Waals surface area (Å²) in [6, 6.07) is -0.602. The molecule has 0 aliphatic carbocycles. The van der Waals surface area contributed by atoms with Crippen LogP contribution in [0.2, 0.25) is 0 Å². The van der Waals surface area contributed by atoms with Crippen molar-refractivity contribution in [3.05, 3.63) is 11.8 Å². The molecule has 60 valence electrons. The summed E-state index contributed by atoms with van der Waals surface area (Å²) in [5.41, 5.74) is 5.89. The summed E-state index contributed by atoms with van der Waals surface area (Å²) in [6.07, 6.45) is 3.11. The van der Waals surface area contributed by atoms with Crippen LogP contribution in [0.4, 0.5) is 0 Å². The Morgan fingerprint density at radius 3 is 3.09 bits per heavy atom. The highest BCUT2D eigenvalue weighted by atomic mass is 16.5. The fourth-order valence-electron chi connectivity index (χ4n) is 0.811. The van der Waals surface area contributed by atoms with Crippen LogP contribution in [0.3, 0.4) is 0 Å². The summed E-state index contributed by atoms with van der Waals surface area (Å²) in [5.74, 6) is -0.380. The van der Waals surface area contributed by atoms with Gasteiger partial charge in [-0.15, -0.1) is 0 Å². The van der Waals surface area contributed by atoms with E-state index in [0.29, 0.717) is 12.3 Å². The average molecular weight is 154 g/mol. The molecule has 0 aromatic carbocycles. The van der Waals surface area contributed by atoms with E-state index in [2.05, 4.69) is 4.99 Å². The van der Waals surface area contributed by atoms with Crippen LogP contribution in [-0.4, -0.2) is 24.8 Å². The Labute approximate surface area is 64.7 Å². The zero-order valence-electron chi connectivity index (χ0n) is 6.28. The summed E-state index contributed by atoms with van der Waals surface area (Å²) < 4.78 is 4.72. The molecule has 0 saturated heterocycles. The second-order valence-electron chi connectivity index (χ2n) is 2.12. The van der Waals surface area contributed by atoms with Crippen LogP contribution in [0.25, 0.3) is 0 Å². The Bertz CT molecular complexity index is 220. The van der Waals surface area contributed by atoms with Crippen LogP contribution >= 0.6 is 0 Å². The number of rotatable bonds is 2. The number of ether oxygens (including phenoxy) is 1. The summed E-state index contributed by atoms with van der Waals surface area (Å²) in [5, 5.41) is 0. The number of hydrogen-bond acceptors (Lipinski definition) is 4. The van der Waals surface area contributed by atoms with Crippen LogP contribution in [0, 0.1) is 0 Å². The third kappa shape index (κ3) is 1.58. The number of carbonyl (C=O) groups excluding carboxylic acids is 1. The van der Waals surface area contributed by atoms with Gasteiger partial charge in [0.2, 0.25) is 0 Å². The van der Waals surface area contributed by atoms with Crippen molar-refractivity contribution in [1.29, 1.82) is 0 Å². The predicted octanol–water partition coefficient (Wildman–Crippen LogP) is -0.155. The number of nitrogens with zero attached hydrogens (tertiary/aromatic N) is 1. The Kier molecular flexibility index (Phi) is 2.25. The van der Waals surface area contributed by atoms with Gasteiger partial charge >= 0.3 is 5.97 Å². The molecule has 0 aromatic heterocycles. The van der Waals surface area contributed by atoms with Crippen molar-refractivity contribution in [2.45, 2.75) is 13.0 Å². The van der Waals surface area contributed by atoms with E-state index in [0.717, 1.165) is 0 Å². The first-order chi connectivity index (χ1) is 5.25. The van der Waals surface area contributed by atoms with Gasteiger partial charge in [0.1, 0.15) is 0 Å². The van der Waals surface area contributed by atoms with Gasteiger partial charge in [-0.25, -0.2) is 4.79 Å². The molecule has 1 heterocycles. The SMILES string of the molecule is CCOC(=O)[C@H]1N=CC=C1N. The predicted molar refractivity (Wildman–Crippen MR) is 41.2 cm³/mol. The smallest absolute Gasteiger partial charge is 0.337 e. The quantitative estimate of drug-likeness (QED) is 0.562. The van der Waals surface area contributed by atoms with E-state index in [1.807, 2.05) is 0 Å². The van der Waals surface area contributed by atoms with Crippen molar-refractivity contribution in [3.63, 3.8) is 0 Å². The second-order valence-corrected chi connectivity index (χ2v) is 2.12. The van der Waals surface area contributed by atoms with Crippen LogP contribution in [-0.2, 0) is 9.53 Å². The number of hydrogen-bond donors (Lipinski definition) is 1. The second kappa shape index (κ2) is 3.18. The number of aliphatic imine (C=N–C) groups is 1. The fourth-order valence-corrected chi connectivity index (χ4v) is 0.811. The summed E-state index contributed by atoms with van der Waals surface area (Å²) in [6.45, 7) is 2.11. The van der Waals surface area contributed by atoms with Crippen molar-refractivity contribution >= 4 is 12.2 Å². The van der Waals surface area contributed by atoms with Gasteiger partial charge < -0.3 is 10.5 Å². The molecule has 2 N–H and O–H groups in total. The lowest BCUT2D eigenvalue weighted by molar-refractivity contribution is -0.143. The molecule has 1 rings (SSSR count). The highest BCUT2D eigenvalue weighted by molar-refractivity contribution is 5.88. The molecule has 4 nitrogen and oxygen atoms in total. The molecule has 0 aromatic rings. The molecule has 4 heteroatoms. The molecule has 0 unspecified atom stereocenters. The highest BCUT2D eigenvalue weighted by Crippen LogP contribution is 2.07. The van der Waals surface area contributed by atoms with E-state index >= 15 is 0 Å². The maximum atomic E-state index is 11.0. The van der Waals surface area contributed by atoms with Gasteiger partial charge in [0.05, 0.1) is 6.61 Å². The van der Waals surface area contributed by atoms with E-state index in [9.17, 15) is 4.79 Å². The van der Waals surface area contributed by atoms with Crippen molar-refractivity contribution in [2.75, 3.05) is 6.61 Å². The third-order valence-electron chi connectivity index (χ3n) is 1.33. The Morgan fingerprint density at radius 1 is 1.91 bits per heavy atom. The minimum absolute atomic E-state index is 0.359. The van der Waals surface area contributed by atoms with Gasteiger partial charge in [-0.1, -0.05) is 0 Å². The largest absolute Gasteiger partial charge is 0.464 e. The zero-order valence-corrected chi connectivity index (χ0v) is 6.28. The maximum absolute atomic E-state index is 11.0. The van der Waals surface area contributed by atoms with Gasteiger partial charge in [0.25, 0.3) is 0 Å². The van der Waals surface area contributed by atoms with Gasteiger partial charge in [-0.05, 0) is 13.0 Å². The van der Waals surface area contributed by atoms with Gasteiger partial charge in [0, 0.05) is 11.9 Å². The lowest BCUT2D eigenvalue weighted by Gasteiger charge is -2.06. The molecule has 0 bridgehead atoms. The van der Waals surface area contributed by atoms with Crippen LogP contribution in [0.5, 0.6) is 0 Å². The Hall–Kier alpha value is -1.32. The van der Waals surface area contributed by atoms with E-state index < -0.39 is 6.04 Å². The van der Waals surface area contributed by atoms with E-state index in [1.165, 1.54) is 6.21 Å². The minimum Gasteiger partial charge on any atom is -0.464 e. The number of esters is 1. The lowest BCUT2D eigenvalue weighted by Crippen LogP contribution is -2.25. The van der Waals surface area contributed by atoms with Crippen LogP contribution in [0.15, 0.2) is 16.8 Å². The normalized spacial score (nSPS) is 21.5. The number of nitrogens with two attached hydrogens (primary N) is 1. The number of carbonyl (C=O) groups is 1.